The molecule has 1 saturated heterocycles. The summed E-state index contributed by atoms with van der Waals surface area (Å²) in [6.45, 7) is 9.87. The summed E-state index contributed by atoms with van der Waals surface area (Å²) in [5.74, 6) is 0.0762. The van der Waals surface area contributed by atoms with Crippen molar-refractivity contribution in [2.75, 3.05) is 19.7 Å². The van der Waals surface area contributed by atoms with E-state index >= 15 is 0 Å². The van der Waals surface area contributed by atoms with Crippen molar-refractivity contribution in [3.8, 4) is 5.13 Å². The van der Waals surface area contributed by atoms with Gasteiger partial charge < -0.3 is 9.64 Å². The molecular formula is C16H21N3O2S. The van der Waals surface area contributed by atoms with Gasteiger partial charge in [0.1, 0.15) is 0 Å². The van der Waals surface area contributed by atoms with E-state index in [2.05, 4.69) is 4.98 Å². The van der Waals surface area contributed by atoms with Crippen LogP contribution in [0.25, 0.3) is 5.13 Å². The van der Waals surface area contributed by atoms with Crippen molar-refractivity contribution in [1.29, 1.82) is 0 Å². The Morgan fingerprint density at radius 1 is 1.41 bits per heavy atom. The van der Waals surface area contributed by atoms with Crippen LogP contribution in [0.15, 0.2) is 17.6 Å². The highest BCUT2D eigenvalue weighted by atomic mass is 32.1. The van der Waals surface area contributed by atoms with Gasteiger partial charge in [0, 0.05) is 36.1 Å². The van der Waals surface area contributed by atoms with Crippen LogP contribution in [0, 0.1) is 13.8 Å². The quantitative estimate of drug-likeness (QED) is 0.855. The number of rotatable bonds is 2. The van der Waals surface area contributed by atoms with Crippen LogP contribution in [0.1, 0.15) is 35.6 Å². The number of amides is 1. The molecule has 1 fully saturated rings. The topological polar surface area (TPSA) is 47.4 Å². The fraction of sp³-hybridized carbons (Fsp3) is 0.500. The molecule has 0 spiro atoms. The molecule has 22 heavy (non-hydrogen) atoms. The number of ether oxygens (including phenoxy) is 1. The normalized spacial score (nSPS) is 17.7. The average molecular weight is 319 g/mol. The molecule has 3 heterocycles. The first-order valence-corrected chi connectivity index (χ1v) is 8.29. The maximum atomic E-state index is 12.9. The van der Waals surface area contributed by atoms with Crippen LogP contribution in [0.3, 0.4) is 0 Å². The Morgan fingerprint density at radius 3 is 2.82 bits per heavy atom. The number of carbonyl (C=O) groups excluding carboxylic acids is 1. The molecule has 0 aliphatic carbocycles. The molecule has 118 valence electrons. The van der Waals surface area contributed by atoms with Crippen LogP contribution in [0.4, 0.5) is 0 Å². The van der Waals surface area contributed by atoms with E-state index in [9.17, 15) is 4.79 Å². The van der Waals surface area contributed by atoms with Gasteiger partial charge in [0.05, 0.1) is 17.8 Å². The van der Waals surface area contributed by atoms with Gasteiger partial charge in [-0.05, 0) is 33.8 Å². The lowest BCUT2D eigenvalue weighted by Crippen LogP contribution is -2.50. The van der Waals surface area contributed by atoms with Crippen LogP contribution in [0.5, 0.6) is 0 Å². The van der Waals surface area contributed by atoms with Gasteiger partial charge in [-0.3, -0.25) is 9.36 Å². The van der Waals surface area contributed by atoms with Crippen molar-refractivity contribution < 1.29 is 9.53 Å². The third kappa shape index (κ3) is 2.68. The molecule has 2 aromatic heterocycles. The number of hydrogen-bond donors (Lipinski definition) is 0. The molecule has 0 saturated carbocycles. The third-order valence-electron chi connectivity index (χ3n) is 3.98. The van der Waals surface area contributed by atoms with Gasteiger partial charge in [0.2, 0.25) is 0 Å². The largest absolute Gasteiger partial charge is 0.372 e. The van der Waals surface area contributed by atoms with E-state index in [0.717, 1.165) is 22.1 Å². The fourth-order valence-electron chi connectivity index (χ4n) is 2.96. The summed E-state index contributed by atoms with van der Waals surface area (Å²) in [7, 11) is 0. The number of hydrogen-bond acceptors (Lipinski definition) is 4. The molecule has 0 bridgehead atoms. The molecule has 0 N–H and O–H groups in total. The predicted molar refractivity (Wildman–Crippen MR) is 86.8 cm³/mol. The Kier molecular flexibility index (Phi) is 3.82. The van der Waals surface area contributed by atoms with Crippen LogP contribution < -0.4 is 0 Å². The van der Waals surface area contributed by atoms with Gasteiger partial charge in [-0.15, -0.1) is 11.3 Å². The van der Waals surface area contributed by atoms with Gasteiger partial charge in [-0.2, -0.15) is 0 Å². The molecule has 1 aliphatic rings. The van der Waals surface area contributed by atoms with Crippen molar-refractivity contribution >= 4 is 17.2 Å². The van der Waals surface area contributed by atoms with E-state index in [0.29, 0.717) is 19.7 Å². The lowest BCUT2D eigenvalue weighted by atomic mass is 10.1. The van der Waals surface area contributed by atoms with E-state index in [1.54, 1.807) is 17.5 Å². The van der Waals surface area contributed by atoms with E-state index in [4.69, 9.17) is 4.74 Å². The summed E-state index contributed by atoms with van der Waals surface area (Å²) in [6.07, 6.45) is 1.78. The summed E-state index contributed by atoms with van der Waals surface area (Å²) < 4.78 is 7.74. The number of morpholine rings is 1. The summed E-state index contributed by atoms with van der Waals surface area (Å²) in [5.41, 5.74) is 2.45. The second-order valence-electron chi connectivity index (χ2n) is 6.27. The first kappa shape index (κ1) is 15.2. The van der Waals surface area contributed by atoms with Gasteiger partial charge in [0.25, 0.3) is 5.91 Å². The van der Waals surface area contributed by atoms with Crippen molar-refractivity contribution in [3.63, 3.8) is 0 Å². The van der Waals surface area contributed by atoms with Gasteiger partial charge in [0.15, 0.2) is 5.13 Å². The molecule has 0 atom stereocenters. The highest BCUT2D eigenvalue weighted by Gasteiger charge is 2.31. The van der Waals surface area contributed by atoms with E-state index in [1.807, 2.05) is 48.6 Å². The lowest BCUT2D eigenvalue weighted by Gasteiger charge is -2.38. The van der Waals surface area contributed by atoms with Crippen LogP contribution in [0.2, 0.25) is 0 Å². The number of nitrogens with zero attached hydrogens (tertiary/aromatic N) is 3. The Morgan fingerprint density at radius 2 is 2.18 bits per heavy atom. The van der Waals surface area contributed by atoms with E-state index in [-0.39, 0.29) is 11.5 Å². The summed E-state index contributed by atoms with van der Waals surface area (Å²) in [4.78, 5) is 19.1. The molecule has 0 unspecified atom stereocenters. The monoisotopic (exact) mass is 319 g/mol. The molecule has 0 radical (unpaired) electrons. The zero-order valence-corrected chi connectivity index (χ0v) is 14.2. The molecule has 3 rings (SSSR count). The first-order chi connectivity index (χ1) is 10.4. The van der Waals surface area contributed by atoms with Crippen molar-refractivity contribution in [2.24, 2.45) is 0 Å². The zero-order valence-electron chi connectivity index (χ0n) is 13.4. The SMILES string of the molecule is Cc1cc(C(=O)N2CCOC(C)(C)C2)c(C)n1-c1nccs1. The Balaban J connectivity index is 1.92. The summed E-state index contributed by atoms with van der Waals surface area (Å²) >= 11 is 1.57. The van der Waals surface area contributed by atoms with Crippen molar-refractivity contribution in [2.45, 2.75) is 33.3 Å². The number of aryl methyl sites for hydroxylation is 1. The highest BCUT2D eigenvalue weighted by molar-refractivity contribution is 7.12. The third-order valence-corrected chi connectivity index (χ3v) is 4.74. The lowest BCUT2D eigenvalue weighted by molar-refractivity contribution is -0.0764. The minimum absolute atomic E-state index is 0.0762. The minimum atomic E-state index is -0.283. The van der Waals surface area contributed by atoms with Crippen LogP contribution in [-0.4, -0.2) is 45.7 Å². The smallest absolute Gasteiger partial charge is 0.255 e. The number of thiazole rings is 1. The molecule has 2 aromatic rings. The van der Waals surface area contributed by atoms with Crippen LogP contribution in [-0.2, 0) is 4.74 Å². The van der Waals surface area contributed by atoms with E-state index < -0.39 is 0 Å². The summed E-state index contributed by atoms with van der Waals surface area (Å²) in [5, 5.41) is 2.84. The highest BCUT2D eigenvalue weighted by Crippen LogP contribution is 2.25. The molecular weight excluding hydrogens is 298 g/mol. The van der Waals surface area contributed by atoms with Gasteiger partial charge in [-0.25, -0.2) is 4.98 Å². The van der Waals surface area contributed by atoms with Crippen LogP contribution >= 0.6 is 11.3 Å². The second kappa shape index (κ2) is 5.52. The molecule has 1 aliphatic heterocycles. The Hall–Kier alpha value is -1.66. The minimum Gasteiger partial charge on any atom is -0.372 e. The number of carbonyl (C=O) groups is 1. The molecule has 5 nitrogen and oxygen atoms in total. The van der Waals surface area contributed by atoms with Gasteiger partial charge in [-0.1, -0.05) is 0 Å². The zero-order chi connectivity index (χ0) is 15.9. The van der Waals surface area contributed by atoms with Crippen molar-refractivity contribution in [1.82, 2.24) is 14.5 Å². The molecule has 0 aromatic carbocycles. The number of aromatic nitrogens is 2. The Labute approximate surface area is 134 Å². The second-order valence-corrected chi connectivity index (χ2v) is 7.14. The fourth-order valence-corrected chi connectivity index (χ4v) is 3.71. The van der Waals surface area contributed by atoms with E-state index in [1.165, 1.54) is 0 Å². The maximum absolute atomic E-state index is 12.9. The average Bonchev–Trinajstić information content (AvgIpc) is 3.05. The van der Waals surface area contributed by atoms with Gasteiger partial charge >= 0.3 is 0 Å². The first-order valence-electron chi connectivity index (χ1n) is 7.41. The maximum Gasteiger partial charge on any atom is 0.255 e. The van der Waals surface area contributed by atoms with Crippen molar-refractivity contribution in [3.05, 3.63) is 34.6 Å². The molecule has 6 heteroatoms. The molecule has 1 amide bonds. The Bertz CT molecular complexity index is 689. The predicted octanol–water partition coefficient (Wildman–Crippen LogP) is 2.80. The summed E-state index contributed by atoms with van der Waals surface area (Å²) in [6, 6.07) is 1.96. The standard InChI is InChI=1S/C16H21N3O2S/c1-11-9-13(12(2)19(11)15-17-5-8-22-15)14(20)18-6-7-21-16(3,4)10-18/h5,8-9H,6-7,10H2,1-4H3.